The number of hydrogen-bond donors (Lipinski definition) is 0. The van der Waals surface area contributed by atoms with E-state index in [0.717, 1.165) is 24.7 Å². The number of hydrogen-bond acceptors (Lipinski definition) is 2. The average Bonchev–Trinajstić information content (AvgIpc) is 2.47. The second-order valence-electron chi connectivity index (χ2n) is 5.05. The molecule has 2 heteroatoms. The first kappa shape index (κ1) is 11.7. The van der Waals surface area contributed by atoms with Gasteiger partial charge >= 0.3 is 0 Å². The van der Waals surface area contributed by atoms with Crippen LogP contribution in [0.3, 0.4) is 0 Å². The van der Waals surface area contributed by atoms with Crippen molar-refractivity contribution in [2.24, 2.45) is 11.8 Å². The van der Waals surface area contributed by atoms with Gasteiger partial charge in [0.2, 0.25) is 0 Å². The second-order valence-corrected chi connectivity index (χ2v) is 5.05. The maximum absolute atomic E-state index is 10.8. The van der Waals surface area contributed by atoms with Crippen LogP contribution in [0.1, 0.15) is 40.0 Å². The first-order valence-corrected chi connectivity index (χ1v) is 5.79. The lowest BCUT2D eigenvalue weighted by molar-refractivity contribution is -0.117. The van der Waals surface area contributed by atoms with Crippen molar-refractivity contribution in [3.63, 3.8) is 0 Å². The molecule has 0 saturated carbocycles. The average molecular weight is 197 g/mol. The summed E-state index contributed by atoms with van der Waals surface area (Å²) in [6.45, 7) is 9.90. The number of rotatable bonds is 5. The summed E-state index contributed by atoms with van der Waals surface area (Å²) in [7, 11) is 0. The van der Waals surface area contributed by atoms with E-state index < -0.39 is 0 Å². The van der Waals surface area contributed by atoms with E-state index in [1.165, 1.54) is 26.1 Å². The molecule has 1 saturated heterocycles. The van der Waals surface area contributed by atoms with Gasteiger partial charge in [-0.2, -0.15) is 0 Å². The van der Waals surface area contributed by atoms with Crippen LogP contribution in [0.2, 0.25) is 0 Å². The lowest BCUT2D eigenvalue weighted by atomic mass is 10.0. The van der Waals surface area contributed by atoms with Crippen molar-refractivity contribution in [2.75, 3.05) is 19.6 Å². The summed E-state index contributed by atoms with van der Waals surface area (Å²) in [6, 6.07) is 0. The van der Waals surface area contributed by atoms with Crippen LogP contribution in [0.15, 0.2) is 0 Å². The summed E-state index contributed by atoms with van der Waals surface area (Å²) < 4.78 is 0. The Hall–Kier alpha value is -0.370. The topological polar surface area (TPSA) is 20.3 Å². The quantitative estimate of drug-likeness (QED) is 0.674. The molecule has 1 atom stereocenters. The monoisotopic (exact) mass is 197 g/mol. The molecule has 2 nitrogen and oxygen atoms in total. The highest BCUT2D eigenvalue weighted by molar-refractivity contribution is 5.75. The van der Waals surface area contributed by atoms with Crippen LogP contribution in [0.4, 0.5) is 0 Å². The van der Waals surface area contributed by atoms with Gasteiger partial charge in [-0.3, -0.25) is 0 Å². The Labute approximate surface area is 87.7 Å². The van der Waals surface area contributed by atoms with Gasteiger partial charge in [0.1, 0.15) is 5.78 Å². The Kier molecular flexibility index (Phi) is 4.59. The first-order valence-electron chi connectivity index (χ1n) is 5.79. The Morgan fingerprint density at radius 2 is 2.21 bits per heavy atom. The Morgan fingerprint density at radius 1 is 1.50 bits per heavy atom. The number of carbonyl (C=O) groups excluding carboxylic acids is 1. The van der Waals surface area contributed by atoms with E-state index in [1.807, 2.05) is 0 Å². The van der Waals surface area contributed by atoms with Gasteiger partial charge in [0.25, 0.3) is 0 Å². The van der Waals surface area contributed by atoms with Crippen molar-refractivity contribution in [2.45, 2.75) is 40.0 Å². The van der Waals surface area contributed by atoms with Crippen molar-refractivity contribution in [3.8, 4) is 0 Å². The van der Waals surface area contributed by atoms with E-state index in [0.29, 0.717) is 5.78 Å². The fraction of sp³-hybridized carbons (Fsp3) is 0.917. The highest BCUT2D eigenvalue weighted by Gasteiger charge is 2.22. The number of carbonyl (C=O) groups is 1. The normalized spacial score (nSPS) is 23.3. The molecule has 0 amide bonds. The smallest absolute Gasteiger partial charge is 0.129 e. The van der Waals surface area contributed by atoms with Gasteiger partial charge in [0.15, 0.2) is 0 Å². The fourth-order valence-corrected chi connectivity index (χ4v) is 2.24. The van der Waals surface area contributed by atoms with Crippen molar-refractivity contribution < 1.29 is 4.79 Å². The molecule has 14 heavy (non-hydrogen) atoms. The molecule has 1 fully saturated rings. The molecule has 1 aliphatic rings. The van der Waals surface area contributed by atoms with Gasteiger partial charge in [0.05, 0.1) is 0 Å². The molecule has 0 aromatic heterocycles. The van der Waals surface area contributed by atoms with E-state index in [2.05, 4.69) is 18.7 Å². The maximum atomic E-state index is 10.8. The maximum Gasteiger partial charge on any atom is 0.129 e. The van der Waals surface area contributed by atoms with Crippen molar-refractivity contribution >= 4 is 5.78 Å². The fourth-order valence-electron chi connectivity index (χ4n) is 2.24. The zero-order valence-corrected chi connectivity index (χ0v) is 9.75. The first-order chi connectivity index (χ1) is 6.58. The summed E-state index contributed by atoms with van der Waals surface area (Å²) in [6.07, 6.45) is 3.17. The van der Waals surface area contributed by atoms with Gasteiger partial charge < -0.3 is 9.69 Å². The Bertz CT molecular complexity index is 189. The SMILES string of the molecule is CC(=O)CCC1CCN(CC(C)C)C1. The van der Waals surface area contributed by atoms with Gasteiger partial charge in [-0.1, -0.05) is 13.8 Å². The summed E-state index contributed by atoms with van der Waals surface area (Å²) >= 11 is 0. The third-order valence-electron chi connectivity index (χ3n) is 2.90. The molecule has 82 valence electrons. The number of nitrogens with zero attached hydrogens (tertiary/aromatic N) is 1. The summed E-state index contributed by atoms with van der Waals surface area (Å²) in [5.41, 5.74) is 0. The minimum Gasteiger partial charge on any atom is -0.303 e. The lowest BCUT2D eigenvalue weighted by Gasteiger charge is -2.17. The molecule has 0 aromatic rings. The number of Topliss-reactive ketones (excluding diaryl/α,β-unsaturated/α-hetero) is 1. The van der Waals surface area contributed by atoms with Crippen molar-refractivity contribution in [1.82, 2.24) is 4.90 Å². The zero-order chi connectivity index (χ0) is 10.6. The minimum absolute atomic E-state index is 0.340. The third-order valence-corrected chi connectivity index (χ3v) is 2.90. The highest BCUT2D eigenvalue weighted by atomic mass is 16.1. The summed E-state index contributed by atoms with van der Waals surface area (Å²) in [5.74, 6) is 1.88. The highest BCUT2D eigenvalue weighted by Crippen LogP contribution is 2.21. The van der Waals surface area contributed by atoms with Crippen LogP contribution >= 0.6 is 0 Å². The molecule has 0 N–H and O–H groups in total. The van der Waals surface area contributed by atoms with Crippen LogP contribution in [-0.2, 0) is 4.79 Å². The molecule has 1 rings (SSSR count). The van der Waals surface area contributed by atoms with Crippen LogP contribution in [0.5, 0.6) is 0 Å². The van der Waals surface area contributed by atoms with Crippen LogP contribution in [0.25, 0.3) is 0 Å². The minimum atomic E-state index is 0.340. The van der Waals surface area contributed by atoms with E-state index >= 15 is 0 Å². The Balaban J connectivity index is 2.17. The molecule has 1 aliphatic heterocycles. The van der Waals surface area contributed by atoms with Gasteiger partial charge in [-0.25, -0.2) is 0 Å². The van der Waals surface area contributed by atoms with Crippen LogP contribution in [-0.4, -0.2) is 30.3 Å². The predicted octanol–water partition coefficient (Wildman–Crippen LogP) is 2.33. The van der Waals surface area contributed by atoms with E-state index in [-0.39, 0.29) is 0 Å². The van der Waals surface area contributed by atoms with Gasteiger partial charge in [0, 0.05) is 19.5 Å². The van der Waals surface area contributed by atoms with Crippen LogP contribution < -0.4 is 0 Å². The molecule has 1 heterocycles. The molecule has 0 aromatic carbocycles. The molecular weight excluding hydrogens is 174 g/mol. The lowest BCUT2D eigenvalue weighted by Crippen LogP contribution is -2.25. The predicted molar refractivity (Wildman–Crippen MR) is 59.3 cm³/mol. The molecule has 0 radical (unpaired) electrons. The number of likely N-dealkylation sites (tertiary alicyclic amines) is 1. The molecule has 0 bridgehead atoms. The van der Waals surface area contributed by atoms with Crippen molar-refractivity contribution in [1.29, 1.82) is 0 Å². The summed E-state index contributed by atoms with van der Waals surface area (Å²) in [5, 5.41) is 0. The van der Waals surface area contributed by atoms with Crippen molar-refractivity contribution in [3.05, 3.63) is 0 Å². The standard InChI is InChI=1S/C12H23NO/c1-10(2)8-13-7-6-12(9-13)5-4-11(3)14/h10,12H,4-9H2,1-3H3. The largest absolute Gasteiger partial charge is 0.303 e. The molecule has 1 unspecified atom stereocenters. The third kappa shape index (κ3) is 4.23. The number of ketones is 1. The molecule has 0 aliphatic carbocycles. The van der Waals surface area contributed by atoms with Gasteiger partial charge in [-0.05, 0) is 38.1 Å². The molecule has 0 spiro atoms. The molecular formula is C12H23NO. The van der Waals surface area contributed by atoms with Crippen LogP contribution in [0, 0.1) is 11.8 Å². The van der Waals surface area contributed by atoms with E-state index in [9.17, 15) is 4.79 Å². The van der Waals surface area contributed by atoms with E-state index in [4.69, 9.17) is 0 Å². The van der Waals surface area contributed by atoms with Gasteiger partial charge in [-0.15, -0.1) is 0 Å². The Morgan fingerprint density at radius 3 is 2.79 bits per heavy atom. The zero-order valence-electron chi connectivity index (χ0n) is 9.75. The second kappa shape index (κ2) is 5.50. The summed E-state index contributed by atoms with van der Waals surface area (Å²) in [4.78, 5) is 13.4. The van der Waals surface area contributed by atoms with E-state index in [1.54, 1.807) is 6.92 Å².